The van der Waals surface area contributed by atoms with Crippen LogP contribution in [0.1, 0.15) is 42.5 Å². The Balaban J connectivity index is 1.63. The molecule has 2 aromatic rings. The molecule has 0 amide bonds. The van der Waals surface area contributed by atoms with Crippen LogP contribution >= 0.6 is 0 Å². The summed E-state index contributed by atoms with van der Waals surface area (Å²) >= 11 is 0. The summed E-state index contributed by atoms with van der Waals surface area (Å²) in [4.78, 5) is 11.6. The second-order valence-electron chi connectivity index (χ2n) is 7.32. The van der Waals surface area contributed by atoms with Gasteiger partial charge >= 0.3 is 6.18 Å². The Morgan fingerprint density at radius 3 is 2.67 bits per heavy atom. The van der Waals surface area contributed by atoms with Crippen LogP contribution in [-0.2, 0) is 19.1 Å². The number of piperidine rings is 1. The summed E-state index contributed by atoms with van der Waals surface area (Å²) in [5.74, 6) is 2.44. The summed E-state index contributed by atoms with van der Waals surface area (Å²) in [6, 6.07) is 0.982. The summed E-state index contributed by atoms with van der Waals surface area (Å²) in [5, 5.41) is 8.61. The average Bonchev–Trinajstić information content (AvgIpc) is 3.24. The Labute approximate surface area is 155 Å². The van der Waals surface area contributed by atoms with Crippen LogP contribution in [-0.4, -0.2) is 51.9 Å². The van der Waals surface area contributed by atoms with Gasteiger partial charge in [0.1, 0.15) is 17.5 Å². The average molecular weight is 381 g/mol. The number of anilines is 2. The van der Waals surface area contributed by atoms with E-state index in [2.05, 4.69) is 24.7 Å². The fourth-order valence-corrected chi connectivity index (χ4v) is 3.78. The second-order valence-corrected chi connectivity index (χ2v) is 7.32. The zero-order valence-electron chi connectivity index (χ0n) is 15.4. The van der Waals surface area contributed by atoms with Gasteiger partial charge in [-0.2, -0.15) is 18.2 Å². The Bertz CT molecular complexity index is 830. The van der Waals surface area contributed by atoms with Gasteiger partial charge in [0.25, 0.3) is 0 Å². The lowest BCUT2D eigenvalue weighted by Crippen LogP contribution is -2.37. The van der Waals surface area contributed by atoms with Crippen LogP contribution < -0.4 is 9.80 Å². The second kappa shape index (κ2) is 6.65. The lowest BCUT2D eigenvalue weighted by Gasteiger charge is -2.33. The monoisotopic (exact) mass is 381 g/mol. The molecule has 0 saturated carbocycles. The van der Waals surface area contributed by atoms with E-state index in [0.29, 0.717) is 13.1 Å². The first-order chi connectivity index (χ1) is 12.8. The highest BCUT2D eigenvalue weighted by molar-refractivity contribution is 5.46. The summed E-state index contributed by atoms with van der Waals surface area (Å²) < 4.78 is 42.0. The Morgan fingerprint density at radius 2 is 1.93 bits per heavy atom. The summed E-state index contributed by atoms with van der Waals surface area (Å²) in [6.07, 6.45) is -0.715. The predicted molar refractivity (Wildman–Crippen MR) is 93.9 cm³/mol. The molecule has 0 bridgehead atoms. The molecule has 0 spiro atoms. The Morgan fingerprint density at radius 1 is 1.11 bits per heavy atom. The van der Waals surface area contributed by atoms with Crippen molar-refractivity contribution in [1.29, 1.82) is 0 Å². The maximum absolute atomic E-state index is 13.3. The van der Waals surface area contributed by atoms with Gasteiger partial charge in [-0.15, -0.1) is 10.2 Å². The largest absolute Gasteiger partial charge is 0.433 e. The van der Waals surface area contributed by atoms with E-state index < -0.39 is 11.9 Å². The van der Waals surface area contributed by atoms with Crippen LogP contribution in [0.4, 0.5) is 24.9 Å². The first-order valence-electron chi connectivity index (χ1n) is 9.13. The van der Waals surface area contributed by atoms with Crippen molar-refractivity contribution in [3.05, 3.63) is 23.4 Å². The predicted octanol–water partition coefficient (Wildman–Crippen LogP) is 2.48. The van der Waals surface area contributed by atoms with Crippen molar-refractivity contribution in [2.45, 2.75) is 44.3 Å². The van der Waals surface area contributed by atoms with E-state index in [9.17, 15) is 13.2 Å². The van der Waals surface area contributed by atoms with Crippen molar-refractivity contribution >= 4 is 11.8 Å². The van der Waals surface area contributed by atoms with Crippen molar-refractivity contribution < 1.29 is 13.2 Å². The number of hydrogen-bond acceptors (Lipinski definition) is 6. The first-order valence-corrected chi connectivity index (χ1v) is 9.13. The molecule has 2 aromatic heterocycles. The van der Waals surface area contributed by atoms with Crippen molar-refractivity contribution in [1.82, 2.24) is 24.7 Å². The third-order valence-corrected chi connectivity index (χ3v) is 5.16. The van der Waals surface area contributed by atoms with Gasteiger partial charge in [-0.1, -0.05) is 0 Å². The third-order valence-electron chi connectivity index (χ3n) is 5.16. The summed E-state index contributed by atoms with van der Waals surface area (Å²) in [7, 11) is 3.34. The highest BCUT2D eigenvalue weighted by Gasteiger charge is 2.35. The zero-order valence-corrected chi connectivity index (χ0v) is 15.4. The van der Waals surface area contributed by atoms with Gasteiger partial charge in [0, 0.05) is 52.1 Å². The molecular weight excluding hydrogens is 359 g/mol. The van der Waals surface area contributed by atoms with E-state index in [-0.39, 0.29) is 17.7 Å². The van der Waals surface area contributed by atoms with Crippen molar-refractivity contribution in [3.8, 4) is 0 Å². The molecule has 0 aliphatic carbocycles. The molecule has 0 aromatic carbocycles. The van der Waals surface area contributed by atoms with E-state index in [1.54, 1.807) is 19.0 Å². The Hall–Kier alpha value is -2.39. The van der Waals surface area contributed by atoms with Crippen LogP contribution in [0.2, 0.25) is 0 Å². The van der Waals surface area contributed by atoms with E-state index >= 15 is 0 Å². The number of nitrogens with zero attached hydrogens (tertiary/aromatic N) is 7. The highest BCUT2D eigenvalue weighted by Crippen LogP contribution is 2.33. The molecule has 2 aliphatic heterocycles. The SMILES string of the molecule is CN(C)c1cc(C(F)(F)F)nc(N2CCCC(c3nnc4n3CCC4)C2)n1. The van der Waals surface area contributed by atoms with E-state index in [1.165, 1.54) is 0 Å². The molecule has 27 heavy (non-hydrogen) atoms. The number of aromatic nitrogens is 5. The maximum Gasteiger partial charge on any atom is 0.433 e. The van der Waals surface area contributed by atoms with Gasteiger partial charge in [-0.25, -0.2) is 4.98 Å². The molecule has 1 saturated heterocycles. The summed E-state index contributed by atoms with van der Waals surface area (Å²) in [6.45, 7) is 2.09. The molecule has 4 rings (SSSR count). The van der Waals surface area contributed by atoms with Gasteiger partial charge in [0.15, 0.2) is 5.69 Å². The lowest BCUT2D eigenvalue weighted by molar-refractivity contribution is -0.141. The molecule has 0 radical (unpaired) electrons. The third kappa shape index (κ3) is 3.44. The minimum absolute atomic E-state index is 0.124. The summed E-state index contributed by atoms with van der Waals surface area (Å²) in [5.41, 5.74) is -0.915. The molecule has 4 heterocycles. The zero-order chi connectivity index (χ0) is 19.2. The van der Waals surface area contributed by atoms with Gasteiger partial charge < -0.3 is 14.4 Å². The van der Waals surface area contributed by atoms with Crippen LogP contribution in [0.3, 0.4) is 0 Å². The standard InChI is InChI=1S/C17H22F3N7/c1-25(2)14-9-12(17(18,19)20)21-16(22-14)26-7-3-5-11(10-26)15-24-23-13-6-4-8-27(13)15/h9,11H,3-8,10H2,1-2H3. The molecule has 10 heteroatoms. The minimum atomic E-state index is -4.51. The lowest BCUT2D eigenvalue weighted by atomic mass is 9.97. The molecule has 1 unspecified atom stereocenters. The van der Waals surface area contributed by atoms with E-state index in [0.717, 1.165) is 49.9 Å². The smallest absolute Gasteiger partial charge is 0.363 e. The van der Waals surface area contributed by atoms with Crippen LogP contribution in [0, 0.1) is 0 Å². The number of aryl methyl sites for hydroxylation is 1. The minimum Gasteiger partial charge on any atom is -0.363 e. The number of rotatable bonds is 3. The van der Waals surface area contributed by atoms with Gasteiger partial charge in [-0.3, -0.25) is 0 Å². The van der Waals surface area contributed by atoms with Gasteiger partial charge in [0.05, 0.1) is 0 Å². The maximum atomic E-state index is 13.3. The van der Waals surface area contributed by atoms with E-state index in [1.807, 2.05) is 4.90 Å². The van der Waals surface area contributed by atoms with E-state index in [4.69, 9.17) is 0 Å². The number of hydrogen-bond donors (Lipinski definition) is 0. The quantitative estimate of drug-likeness (QED) is 0.814. The van der Waals surface area contributed by atoms with Gasteiger partial charge in [0.2, 0.25) is 5.95 Å². The molecule has 0 N–H and O–H groups in total. The fourth-order valence-electron chi connectivity index (χ4n) is 3.78. The van der Waals surface area contributed by atoms with Crippen molar-refractivity contribution in [2.75, 3.05) is 37.0 Å². The first kappa shape index (κ1) is 18.0. The number of fused-ring (bicyclic) bond motifs is 1. The molecule has 1 fully saturated rings. The van der Waals surface area contributed by atoms with Crippen molar-refractivity contribution in [3.63, 3.8) is 0 Å². The molecule has 2 aliphatic rings. The van der Waals surface area contributed by atoms with Crippen LogP contribution in [0.25, 0.3) is 0 Å². The molecule has 1 atom stereocenters. The van der Waals surface area contributed by atoms with Crippen LogP contribution in [0.5, 0.6) is 0 Å². The topological polar surface area (TPSA) is 63.0 Å². The number of halogens is 3. The molecule has 7 nitrogen and oxygen atoms in total. The normalized spacial score (nSPS) is 20.0. The van der Waals surface area contributed by atoms with Crippen molar-refractivity contribution in [2.24, 2.45) is 0 Å². The molecule has 146 valence electrons. The van der Waals surface area contributed by atoms with Crippen LogP contribution in [0.15, 0.2) is 6.07 Å². The van der Waals surface area contributed by atoms with Gasteiger partial charge in [-0.05, 0) is 19.3 Å². The number of alkyl halides is 3. The molecular formula is C17H22F3N7. The fraction of sp³-hybridized carbons (Fsp3) is 0.647. The Kier molecular flexibility index (Phi) is 4.43. The highest BCUT2D eigenvalue weighted by atomic mass is 19.4.